The van der Waals surface area contributed by atoms with E-state index in [4.69, 9.17) is 12.2 Å². The number of nitrogens with one attached hydrogen (secondary N) is 1. The quantitative estimate of drug-likeness (QED) is 0.508. The van der Waals surface area contributed by atoms with Gasteiger partial charge in [0.05, 0.1) is 21.2 Å². The number of halogens is 3. The lowest BCUT2D eigenvalue weighted by Gasteiger charge is -2.09. The number of aromatic amines is 1. The van der Waals surface area contributed by atoms with Gasteiger partial charge in [-0.25, -0.2) is 4.39 Å². The van der Waals surface area contributed by atoms with Crippen LogP contribution in [0.4, 0.5) is 4.39 Å². The molecule has 3 rings (SSSR count). The first-order chi connectivity index (χ1) is 9.47. The Morgan fingerprint density at radius 3 is 2.65 bits per heavy atom. The van der Waals surface area contributed by atoms with Crippen molar-refractivity contribution >= 4 is 55.1 Å². The van der Waals surface area contributed by atoms with Crippen LogP contribution in [0.5, 0.6) is 0 Å². The summed E-state index contributed by atoms with van der Waals surface area (Å²) in [5.41, 5.74) is 3.51. The van der Waals surface area contributed by atoms with Crippen LogP contribution in [0.2, 0.25) is 0 Å². The van der Waals surface area contributed by atoms with E-state index in [1.807, 2.05) is 29.7 Å². The molecule has 0 atom stereocenters. The number of aromatic nitrogens is 2. The molecular formula is C14H9Br2FN2S. The highest BCUT2D eigenvalue weighted by molar-refractivity contribution is 9.10. The number of nitrogens with zero attached hydrogens (tertiary/aromatic N) is 1. The van der Waals surface area contributed by atoms with E-state index in [0.717, 1.165) is 26.8 Å². The second-order valence-electron chi connectivity index (χ2n) is 4.48. The van der Waals surface area contributed by atoms with E-state index in [2.05, 4.69) is 36.8 Å². The number of aryl methyl sites for hydroxylation is 1. The molecule has 0 fully saturated rings. The summed E-state index contributed by atoms with van der Waals surface area (Å²) in [6.45, 7) is 2.00. The minimum atomic E-state index is -0.310. The van der Waals surface area contributed by atoms with Crippen molar-refractivity contribution in [1.82, 2.24) is 9.55 Å². The molecule has 0 saturated heterocycles. The van der Waals surface area contributed by atoms with E-state index in [1.54, 1.807) is 6.07 Å². The van der Waals surface area contributed by atoms with Gasteiger partial charge in [-0.15, -0.1) is 0 Å². The van der Waals surface area contributed by atoms with Gasteiger partial charge in [0.2, 0.25) is 0 Å². The zero-order chi connectivity index (χ0) is 14.4. The largest absolute Gasteiger partial charge is 0.330 e. The molecule has 2 nitrogen and oxygen atoms in total. The molecule has 1 heterocycles. The first-order valence-electron chi connectivity index (χ1n) is 5.83. The van der Waals surface area contributed by atoms with Crippen molar-refractivity contribution in [2.75, 3.05) is 0 Å². The maximum atomic E-state index is 13.8. The second kappa shape index (κ2) is 5.09. The lowest BCUT2D eigenvalue weighted by molar-refractivity contribution is 0.622. The Balaban J connectivity index is 2.39. The number of rotatable bonds is 1. The maximum absolute atomic E-state index is 13.8. The number of benzene rings is 2. The van der Waals surface area contributed by atoms with Crippen molar-refractivity contribution in [3.63, 3.8) is 0 Å². The molecule has 0 bridgehead atoms. The Morgan fingerprint density at radius 1 is 1.20 bits per heavy atom. The average molecular weight is 416 g/mol. The van der Waals surface area contributed by atoms with E-state index < -0.39 is 0 Å². The minimum Gasteiger partial charge on any atom is -0.330 e. The lowest BCUT2D eigenvalue weighted by atomic mass is 10.2. The summed E-state index contributed by atoms with van der Waals surface area (Å²) >= 11 is 12.0. The summed E-state index contributed by atoms with van der Waals surface area (Å²) in [5, 5.41) is 0. The first-order valence-corrected chi connectivity index (χ1v) is 7.83. The topological polar surface area (TPSA) is 20.7 Å². The fraction of sp³-hybridized carbons (Fsp3) is 0.0714. The normalized spacial score (nSPS) is 11.2. The van der Waals surface area contributed by atoms with Crippen LogP contribution in [0.25, 0.3) is 16.7 Å². The summed E-state index contributed by atoms with van der Waals surface area (Å²) in [5.74, 6) is -0.310. The zero-order valence-corrected chi connectivity index (χ0v) is 14.4. The van der Waals surface area contributed by atoms with Crippen LogP contribution in [-0.2, 0) is 0 Å². The summed E-state index contributed by atoms with van der Waals surface area (Å²) in [6, 6.07) is 9.09. The molecule has 20 heavy (non-hydrogen) atoms. The lowest BCUT2D eigenvalue weighted by Crippen LogP contribution is -1.97. The molecule has 0 unspecified atom stereocenters. The third kappa shape index (κ3) is 2.25. The third-order valence-electron chi connectivity index (χ3n) is 3.12. The van der Waals surface area contributed by atoms with E-state index in [1.165, 1.54) is 6.07 Å². The van der Waals surface area contributed by atoms with Crippen molar-refractivity contribution in [3.8, 4) is 5.69 Å². The van der Waals surface area contributed by atoms with E-state index >= 15 is 0 Å². The number of hydrogen-bond acceptors (Lipinski definition) is 1. The molecule has 1 aromatic heterocycles. The van der Waals surface area contributed by atoms with Crippen molar-refractivity contribution < 1.29 is 4.39 Å². The Labute approximate surface area is 136 Å². The molecule has 0 aliphatic heterocycles. The monoisotopic (exact) mass is 414 g/mol. The van der Waals surface area contributed by atoms with E-state index in [-0.39, 0.29) is 5.82 Å². The summed E-state index contributed by atoms with van der Waals surface area (Å²) in [6.07, 6.45) is 0. The number of H-pyrrole nitrogens is 1. The zero-order valence-electron chi connectivity index (χ0n) is 10.4. The maximum Gasteiger partial charge on any atom is 0.182 e. The molecule has 1 N–H and O–H groups in total. The summed E-state index contributed by atoms with van der Waals surface area (Å²) in [7, 11) is 0. The standard InChI is InChI=1S/C14H9Br2FN2S/c1-7-4-8(15)2-3-12(7)19-13-6-10(17)9(16)5-11(13)18-14(19)20/h2-6H,1H3,(H,18,20). The number of imidazole rings is 1. The molecule has 0 saturated carbocycles. The smallest absolute Gasteiger partial charge is 0.182 e. The molecule has 0 aliphatic carbocycles. The second-order valence-corrected chi connectivity index (χ2v) is 6.64. The van der Waals surface area contributed by atoms with E-state index in [0.29, 0.717) is 9.24 Å². The van der Waals surface area contributed by atoms with Gasteiger partial charge in [0.25, 0.3) is 0 Å². The molecule has 2 aromatic carbocycles. The SMILES string of the molecule is Cc1cc(Br)ccc1-n1c(=S)[nH]c2cc(Br)c(F)cc21. The molecule has 0 spiro atoms. The van der Waals surface area contributed by atoms with Crippen molar-refractivity contribution in [3.05, 3.63) is 55.4 Å². The molecule has 6 heteroatoms. The molecule has 0 amide bonds. The van der Waals surface area contributed by atoms with Gasteiger partial charge in [-0.2, -0.15) is 0 Å². The highest BCUT2D eigenvalue weighted by atomic mass is 79.9. The number of fused-ring (bicyclic) bond motifs is 1. The van der Waals surface area contributed by atoms with Gasteiger partial charge < -0.3 is 4.98 Å². The Kier molecular flexibility index (Phi) is 3.56. The number of hydrogen-bond donors (Lipinski definition) is 1. The molecular weight excluding hydrogens is 407 g/mol. The van der Waals surface area contributed by atoms with Gasteiger partial charge in [0.1, 0.15) is 5.82 Å². The van der Waals surface area contributed by atoms with Crippen LogP contribution in [0.3, 0.4) is 0 Å². The van der Waals surface area contributed by atoms with Crippen LogP contribution in [0.15, 0.2) is 39.3 Å². The van der Waals surface area contributed by atoms with Crippen molar-refractivity contribution in [2.45, 2.75) is 6.92 Å². The molecule has 102 valence electrons. The van der Waals surface area contributed by atoms with Crippen LogP contribution in [0, 0.1) is 17.5 Å². The first kappa shape index (κ1) is 14.0. The van der Waals surface area contributed by atoms with Crippen LogP contribution in [-0.4, -0.2) is 9.55 Å². The molecule has 0 aliphatic rings. The van der Waals surface area contributed by atoms with Crippen LogP contribution in [0.1, 0.15) is 5.56 Å². The van der Waals surface area contributed by atoms with Gasteiger partial charge in [0, 0.05) is 10.5 Å². The summed E-state index contributed by atoms with van der Waals surface area (Å²) < 4.78 is 17.6. The minimum absolute atomic E-state index is 0.310. The van der Waals surface area contributed by atoms with Crippen LogP contribution < -0.4 is 0 Å². The van der Waals surface area contributed by atoms with Gasteiger partial charge in [-0.3, -0.25) is 4.57 Å². The highest BCUT2D eigenvalue weighted by Gasteiger charge is 2.12. The Bertz CT molecular complexity index is 883. The van der Waals surface area contributed by atoms with Gasteiger partial charge in [-0.1, -0.05) is 15.9 Å². The third-order valence-corrected chi connectivity index (χ3v) is 4.51. The predicted octanol–water partition coefficient (Wildman–Crippen LogP) is 5.66. The van der Waals surface area contributed by atoms with Crippen molar-refractivity contribution in [2.24, 2.45) is 0 Å². The van der Waals surface area contributed by atoms with Gasteiger partial charge >= 0.3 is 0 Å². The average Bonchev–Trinajstić information content (AvgIpc) is 2.66. The van der Waals surface area contributed by atoms with Crippen LogP contribution >= 0.6 is 44.1 Å². The highest BCUT2D eigenvalue weighted by Crippen LogP contribution is 2.27. The summed E-state index contributed by atoms with van der Waals surface area (Å²) in [4.78, 5) is 3.10. The molecule has 3 aromatic rings. The van der Waals surface area contributed by atoms with Crippen molar-refractivity contribution in [1.29, 1.82) is 0 Å². The predicted molar refractivity (Wildman–Crippen MR) is 88.6 cm³/mol. The van der Waals surface area contributed by atoms with Gasteiger partial charge in [0.15, 0.2) is 4.77 Å². The molecule has 0 radical (unpaired) electrons. The Hall–Kier alpha value is -0.980. The fourth-order valence-corrected chi connectivity index (χ4v) is 3.34. The Morgan fingerprint density at radius 2 is 1.95 bits per heavy atom. The fourth-order valence-electron chi connectivity index (χ4n) is 2.21. The van der Waals surface area contributed by atoms with E-state index in [9.17, 15) is 4.39 Å². The van der Waals surface area contributed by atoms with Gasteiger partial charge in [-0.05, 0) is 64.9 Å².